The standard InChI is InChI=1S/C35H38N6O2/c1-23-5-12-30(43-35-33-31(13-14-40(33)4)37-34(38-35)25-8-10-29(36)11-9-25)20-28(23)21-32(42)26-6-7-27(24(2)19-26)22-41-17-15-39(3)16-18-41/h5-14,19-20H,15-18,21-22,36H2,1-4H3. The lowest BCUT2D eigenvalue weighted by molar-refractivity contribution is 0.0992. The van der Waals surface area contributed by atoms with Gasteiger partial charge in [-0.2, -0.15) is 4.98 Å². The van der Waals surface area contributed by atoms with E-state index in [2.05, 4.69) is 29.8 Å². The number of nitrogen functional groups attached to an aromatic ring is 1. The molecule has 2 N–H and O–H groups in total. The fourth-order valence-corrected chi connectivity index (χ4v) is 5.57. The van der Waals surface area contributed by atoms with Gasteiger partial charge in [-0.25, -0.2) is 4.98 Å². The molecule has 3 aromatic carbocycles. The number of carbonyl (C=O) groups excluding carboxylic acids is 1. The topological polar surface area (TPSA) is 89.5 Å². The Bertz CT molecular complexity index is 1780. The minimum Gasteiger partial charge on any atom is -0.437 e. The van der Waals surface area contributed by atoms with Crippen LogP contribution < -0.4 is 10.5 Å². The predicted molar refractivity (Wildman–Crippen MR) is 172 cm³/mol. The van der Waals surface area contributed by atoms with Gasteiger partial charge in [-0.1, -0.05) is 18.2 Å². The van der Waals surface area contributed by atoms with E-state index in [0.29, 0.717) is 29.6 Å². The van der Waals surface area contributed by atoms with E-state index in [1.165, 1.54) is 5.56 Å². The van der Waals surface area contributed by atoms with Gasteiger partial charge in [0.25, 0.3) is 0 Å². The Balaban J connectivity index is 1.22. The molecule has 1 aliphatic heterocycles. The molecule has 1 saturated heterocycles. The highest BCUT2D eigenvalue weighted by atomic mass is 16.5. The molecule has 3 heterocycles. The third-order valence-corrected chi connectivity index (χ3v) is 8.40. The molecule has 0 atom stereocenters. The number of rotatable bonds is 8. The van der Waals surface area contributed by atoms with Crippen molar-refractivity contribution in [2.75, 3.05) is 39.0 Å². The van der Waals surface area contributed by atoms with Crippen LogP contribution in [0.25, 0.3) is 22.4 Å². The Morgan fingerprint density at radius 3 is 2.37 bits per heavy atom. The minimum atomic E-state index is 0.0898. The van der Waals surface area contributed by atoms with Gasteiger partial charge in [0, 0.05) is 69.2 Å². The molecule has 0 amide bonds. The predicted octanol–water partition coefficient (Wildman–Crippen LogP) is 5.80. The molecule has 0 aliphatic carbocycles. The average molecular weight is 575 g/mol. The van der Waals surface area contributed by atoms with E-state index in [9.17, 15) is 4.79 Å². The van der Waals surface area contributed by atoms with Crippen LogP contribution >= 0.6 is 0 Å². The van der Waals surface area contributed by atoms with E-state index in [-0.39, 0.29) is 5.78 Å². The van der Waals surface area contributed by atoms with Crippen LogP contribution in [0.4, 0.5) is 5.69 Å². The van der Waals surface area contributed by atoms with E-state index in [1.54, 1.807) is 0 Å². The lowest BCUT2D eigenvalue weighted by atomic mass is 9.96. The summed E-state index contributed by atoms with van der Waals surface area (Å²) in [6.07, 6.45) is 2.23. The van der Waals surface area contributed by atoms with Crippen molar-refractivity contribution in [2.45, 2.75) is 26.8 Å². The summed E-state index contributed by atoms with van der Waals surface area (Å²) in [7, 11) is 4.11. The third-order valence-electron chi connectivity index (χ3n) is 8.40. The SMILES string of the molecule is Cc1ccc(Oc2nc(-c3ccc(N)cc3)nc3ccn(C)c23)cc1CC(=O)c1ccc(CN2CCN(C)CC2)c(C)c1. The van der Waals surface area contributed by atoms with Crippen molar-refractivity contribution in [1.82, 2.24) is 24.3 Å². The number of ketones is 1. The highest BCUT2D eigenvalue weighted by Crippen LogP contribution is 2.32. The van der Waals surface area contributed by atoms with Crippen LogP contribution in [0.2, 0.25) is 0 Å². The molecule has 8 nitrogen and oxygen atoms in total. The molecule has 2 aromatic heterocycles. The van der Waals surface area contributed by atoms with Crippen molar-refractivity contribution in [3.63, 3.8) is 0 Å². The number of ether oxygens (including phenoxy) is 1. The largest absolute Gasteiger partial charge is 0.437 e. The van der Waals surface area contributed by atoms with E-state index >= 15 is 0 Å². The molecule has 0 bridgehead atoms. The number of piperazine rings is 1. The van der Waals surface area contributed by atoms with Gasteiger partial charge in [-0.3, -0.25) is 9.69 Å². The van der Waals surface area contributed by atoms with Crippen LogP contribution in [-0.2, 0) is 20.0 Å². The van der Waals surface area contributed by atoms with Crippen molar-refractivity contribution in [3.8, 4) is 23.0 Å². The molecule has 0 unspecified atom stereocenters. The first-order valence-corrected chi connectivity index (χ1v) is 14.7. The summed E-state index contributed by atoms with van der Waals surface area (Å²) < 4.78 is 8.35. The highest BCUT2D eigenvalue weighted by Gasteiger charge is 2.18. The Labute approximate surface area is 252 Å². The molecule has 6 rings (SSSR count). The molecule has 220 valence electrons. The number of nitrogens with zero attached hydrogens (tertiary/aromatic N) is 5. The van der Waals surface area contributed by atoms with Gasteiger partial charge in [-0.05, 0) is 91.7 Å². The number of nitrogens with two attached hydrogens (primary N) is 1. The quantitative estimate of drug-likeness (QED) is 0.185. The number of carbonyl (C=O) groups is 1. The zero-order chi connectivity index (χ0) is 30.1. The molecule has 1 aliphatic rings. The average Bonchev–Trinajstić information content (AvgIpc) is 3.38. The summed E-state index contributed by atoms with van der Waals surface area (Å²) in [5.41, 5.74) is 14.1. The third kappa shape index (κ3) is 6.30. The maximum Gasteiger partial charge on any atom is 0.247 e. The first-order valence-electron chi connectivity index (χ1n) is 14.7. The summed E-state index contributed by atoms with van der Waals surface area (Å²) in [6, 6.07) is 21.4. The highest BCUT2D eigenvalue weighted by molar-refractivity contribution is 5.98. The molecule has 43 heavy (non-hydrogen) atoms. The summed E-state index contributed by atoms with van der Waals surface area (Å²) in [6.45, 7) is 9.37. The van der Waals surface area contributed by atoms with E-state index in [1.807, 2.05) is 85.4 Å². The zero-order valence-electron chi connectivity index (χ0n) is 25.3. The van der Waals surface area contributed by atoms with Crippen molar-refractivity contribution >= 4 is 22.5 Å². The number of likely N-dealkylation sites (N-methyl/N-ethyl adjacent to an activating group) is 1. The second-order valence-electron chi connectivity index (χ2n) is 11.6. The number of hydrogen-bond donors (Lipinski definition) is 1. The fraction of sp³-hybridized carbons (Fsp3) is 0.286. The smallest absolute Gasteiger partial charge is 0.247 e. The Morgan fingerprint density at radius 2 is 1.63 bits per heavy atom. The first kappa shape index (κ1) is 28.6. The van der Waals surface area contributed by atoms with Gasteiger partial charge in [0.2, 0.25) is 5.88 Å². The van der Waals surface area contributed by atoms with Crippen LogP contribution in [-0.4, -0.2) is 63.3 Å². The van der Waals surface area contributed by atoms with E-state index < -0.39 is 0 Å². The molecule has 5 aromatic rings. The van der Waals surface area contributed by atoms with Gasteiger partial charge >= 0.3 is 0 Å². The van der Waals surface area contributed by atoms with Gasteiger partial charge in [-0.15, -0.1) is 0 Å². The van der Waals surface area contributed by atoms with Crippen molar-refractivity contribution < 1.29 is 9.53 Å². The summed E-state index contributed by atoms with van der Waals surface area (Å²) in [4.78, 5) is 27.8. The molecule has 0 spiro atoms. The number of aromatic nitrogens is 3. The summed E-state index contributed by atoms with van der Waals surface area (Å²) in [5, 5.41) is 0. The summed E-state index contributed by atoms with van der Waals surface area (Å²) in [5.74, 6) is 1.73. The Hall–Kier alpha value is -4.53. The number of anilines is 1. The Kier molecular flexibility index (Phi) is 7.97. The number of Topliss-reactive ketones (excluding diaryl/α,β-unsaturated/α-hetero) is 1. The van der Waals surface area contributed by atoms with Gasteiger partial charge in [0.15, 0.2) is 11.6 Å². The monoisotopic (exact) mass is 574 g/mol. The normalized spacial score (nSPS) is 14.3. The van der Waals surface area contributed by atoms with Crippen LogP contribution in [0.15, 0.2) is 72.9 Å². The molecule has 1 fully saturated rings. The number of benzene rings is 3. The second kappa shape index (κ2) is 12.0. The molecule has 8 heteroatoms. The van der Waals surface area contributed by atoms with Crippen molar-refractivity contribution in [2.24, 2.45) is 7.05 Å². The van der Waals surface area contributed by atoms with Gasteiger partial charge < -0.3 is 19.9 Å². The van der Waals surface area contributed by atoms with Gasteiger partial charge in [0.05, 0.1) is 5.52 Å². The maximum absolute atomic E-state index is 13.4. The maximum atomic E-state index is 13.4. The molecule has 0 radical (unpaired) electrons. The molecular weight excluding hydrogens is 536 g/mol. The van der Waals surface area contributed by atoms with E-state index in [0.717, 1.165) is 71.6 Å². The second-order valence-corrected chi connectivity index (χ2v) is 11.6. The van der Waals surface area contributed by atoms with Crippen LogP contribution in [0.3, 0.4) is 0 Å². The zero-order valence-corrected chi connectivity index (χ0v) is 25.3. The first-order chi connectivity index (χ1) is 20.7. The lowest BCUT2D eigenvalue weighted by Gasteiger charge is -2.32. The van der Waals surface area contributed by atoms with Crippen LogP contribution in [0, 0.1) is 13.8 Å². The van der Waals surface area contributed by atoms with Gasteiger partial charge in [0.1, 0.15) is 11.3 Å². The van der Waals surface area contributed by atoms with Crippen molar-refractivity contribution in [3.05, 3.63) is 101 Å². The minimum absolute atomic E-state index is 0.0898. The number of hydrogen-bond acceptors (Lipinski definition) is 7. The van der Waals surface area contributed by atoms with Crippen LogP contribution in [0.5, 0.6) is 11.6 Å². The molecule has 0 saturated carbocycles. The van der Waals surface area contributed by atoms with Crippen molar-refractivity contribution in [1.29, 1.82) is 0 Å². The molecular formula is C35H38N6O2. The summed E-state index contributed by atoms with van der Waals surface area (Å²) >= 11 is 0. The number of aryl methyl sites for hydroxylation is 3. The van der Waals surface area contributed by atoms with E-state index in [4.69, 9.17) is 20.4 Å². The van der Waals surface area contributed by atoms with Crippen LogP contribution in [0.1, 0.15) is 32.6 Å². The Morgan fingerprint density at radius 1 is 0.860 bits per heavy atom. The fourth-order valence-electron chi connectivity index (χ4n) is 5.57. The number of fused-ring (bicyclic) bond motifs is 1. The lowest BCUT2D eigenvalue weighted by Crippen LogP contribution is -2.43.